The fraction of sp³-hybridized carbons (Fsp3) is 0.500. The highest BCUT2D eigenvalue weighted by Crippen LogP contribution is 2.24. The molecule has 0 unspecified atom stereocenters. The maximum Gasteiger partial charge on any atom is 0.227 e. The van der Waals surface area contributed by atoms with Gasteiger partial charge in [-0.15, -0.1) is 0 Å². The molecule has 4 nitrogen and oxygen atoms in total. The molecule has 0 aliphatic carbocycles. The molecule has 1 saturated heterocycles. The molecule has 0 radical (unpaired) electrons. The summed E-state index contributed by atoms with van der Waals surface area (Å²) in [6.07, 6.45) is 3.20. The number of amides is 2. The van der Waals surface area contributed by atoms with Crippen LogP contribution in [0.15, 0.2) is 24.3 Å². The molecule has 1 aromatic carbocycles. The Bertz CT molecular complexity index is 495. The molecule has 2 rings (SSSR count). The predicted molar refractivity (Wildman–Crippen MR) is 80.7 cm³/mol. The molecule has 1 aliphatic heterocycles. The number of hydrogen-bond acceptors (Lipinski definition) is 2. The van der Waals surface area contributed by atoms with Crippen molar-refractivity contribution in [2.45, 2.75) is 39.5 Å². The Morgan fingerprint density at radius 3 is 2.70 bits per heavy atom. The van der Waals surface area contributed by atoms with Crippen molar-refractivity contribution in [1.29, 1.82) is 0 Å². The highest BCUT2D eigenvalue weighted by Gasteiger charge is 2.22. The van der Waals surface area contributed by atoms with E-state index in [0.29, 0.717) is 6.42 Å². The molecule has 108 valence electrons. The first-order valence-electron chi connectivity index (χ1n) is 7.37. The molecule has 20 heavy (non-hydrogen) atoms. The van der Waals surface area contributed by atoms with E-state index in [4.69, 9.17) is 0 Å². The average molecular weight is 274 g/mol. The van der Waals surface area contributed by atoms with Gasteiger partial charge in [-0.25, -0.2) is 0 Å². The summed E-state index contributed by atoms with van der Waals surface area (Å²) in [7, 11) is 0. The maximum absolute atomic E-state index is 12.1. The molecule has 1 aliphatic rings. The molecule has 0 spiro atoms. The molecule has 1 fully saturated rings. The Morgan fingerprint density at radius 2 is 2.10 bits per heavy atom. The summed E-state index contributed by atoms with van der Waals surface area (Å²) in [6.45, 7) is 4.81. The average Bonchev–Trinajstić information content (AvgIpc) is 2.86. The van der Waals surface area contributed by atoms with Crippen LogP contribution in [0.3, 0.4) is 0 Å². The lowest BCUT2D eigenvalue weighted by atomic mass is 10.0. The third-order valence-electron chi connectivity index (χ3n) is 3.86. The van der Waals surface area contributed by atoms with Crippen molar-refractivity contribution in [2.75, 3.05) is 16.8 Å². The van der Waals surface area contributed by atoms with Crippen molar-refractivity contribution >= 4 is 23.2 Å². The molecule has 1 N–H and O–H groups in total. The van der Waals surface area contributed by atoms with Crippen LogP contribution < -0.4 is 10.2 Å². The van der Waals surface area contributed by atoms with E-state index in [1.54, 1.807) is 4.90 Å². The van der Waals surface area contributed by atoms with Crippen molar-refractivity contribution in [1.82, 2.24) is 0 Å². The largest absolute Gasteiger partial charge is 0.326 e. The van der Waals surface area contributed by atoms with Crippen molar-refractivity contribution in [3.8, 4) is 0 Å². The van der Waals surface area contributed by atoms with Gasteiger partial charge >= 0.3 is 0 Å². The normalized spacial score (nSPS) is 14.9. The van der Waals surface area contributed by atoms with Gasteiger partial charge in [0.05, 0.1) is 0 Å². The smallest absolute Gasteiger partial charge is 0.227 e. The van der Waals surface area contributed by atoms with E-state index in [2.05, 4.69) is 5.32 Å². The van der Waals surface area contributed by atoms with Crippen LogP contribution in [-0.4, -0.2) is 18.4 Å². The first-order valence-corrected chi connectivity index (χ1v) is 7.37. The van der Waals surface area contributed by atoms with Gasteiger partial charge in [-0.05, 0) is 37.5 Å². The highest BCUT2D eigenvalue weighted by atomic mass is 16.2. The van der Waals surface area contributed by atoms with Crippen LogP contribution in [-0.2, 0) is 9.59 Å². The molecule has 2 amide bonds. The minimum atomic E-state index is 0.0482. The van der Waals surface area contributed by atoms with Gasteiger partial charge in [0.2, 0.25) is 11.8 Å². The van der Waals surface area contributed by atoms with Crippen LogP contribution >= 0.6 is 0 Å². The molecule has 0 saturated carbocycles. The number of hydrogen-bond donors (Lipinski definition) is 1. The second kappa shape index (κ2) is 6.55. The zero-order valence-electron chi connectivity index (χ0n) is 12.2. The number of carbonyl (C=O) groups is 2. The molecular weight excluding hydrogens is 252 g/mol. The fourth-order valence-electron chi connectivity index (χ4n) is 2.58. The number of anilines is 2. The van der Waals surface area contributed by atoms with E-state index in [1.165, 1.54) is 0 Å². The van der Waals surface area contributed by atoms with Gasteiger partial charge in [-0.2, -0.15) is 0 Å². The molecule has 4 heteroatoms. The van der Waals surface area contributed by atoms with Gasteiger partial charge < -0.3 is 10.2 Å². The maximum atomic E-state index is 12.1. The Kier molecular flexibility index (Phi) is 4.77. The Hall–Kier alpha value is -1.84. The van der Waals surface area contributed by atoms with Crippen LogP contribution in [0.25, 0.3) is 0 Å². The monoisotopic (exact) mass is 274 g/mol. The van der Waals surface area contributed by atoms with Gasteiger partial charge in [-0.1, -0.05) is 19.9 Å². The predicted octanol–water partition coefficient (Wildman–Crippen LogP) is 3.19. The van der Waals surface area contributed by atoms with E-state index < -0.39 is 0 Å². The number of nitrogens with one attached hydrogen (secondary N) is 1. The minimum Gasteiger partial charge on any atom is -0.326 e. The third kappa shape index (κ3) is 3.18. The van der Waals surface area contributed by atoms with Gasteiger partial charge in [0.25, 0.3) is 0 Å². The van der Waals surface area contributed by atoms with Crippen LogP contribution in [0.1, 0.15) is 39.5 Å². The van der Waals surface area contributed by atoms with Gasteiger partial charge in [0, 0.05) is 30.3 Å². The quantitative estimate of drug-likeness (QED) is 0.896. The Balaban J connectivity index is 2.10. The fourth-order valence-corrected chi connectivity index (χ4v) is 2.58. The summed E-state index contributed by atoms with van der Waals surface area (Å²) < 4.78 is 0. The van der Waals surface area contributed by atoms with Crippen LogP contribution in [0.2, 0.25) is 0 Å². The number of benzene rings is 1. The van der Waals surface area contributed by atoms with Crippen molar-refractivity contribution < 1.29 is 9.59 Å². The number of nitrogens with zero attached hydrogens (tertiary/aromatic N) is 1. The zero-order chi connectivity index (χ0) is 14.5. The molecule has 0 aromatic heterocycles. The lowest BCUT2D eigenvalue weighted by Gasteiger charge is -2.18. The first kappa shape index (κ1) is 14.6. The molecule has 0 bridgehead atoms. The van der Waals surface area contributed by atoms with E-state index in [9.17, 15) is 9.59 Å². The van der Waals surface area contributed by atoms with Gasteiger partial charge in [-0.3, -0.25) is 9.59 Å². The summed E-state index contributed by atoms with van der Waals surface area (Å²) in [5, 5.41) is 2.95. The topological polar surface area (TPSA) is 49.4 Å². The van der Waals surface area contributed by atoms with E-state index in [0.717, 1.165) is 37.2 Å². The van der Waals surface area contributed by atoms with E-state index in [1.807, 2.05) is 38.1 Å². The summed E-state index contributed by atoms with van der Waals surface area (Å²) in [4.78, 5) is 25.6. The highest BCUT2D eigenvalue weighted by molar-refractivity contribution is 5.97. The lowest BCUT2D eigenvalue weighted by molar-refractivity contribution is -0.120. The second-order valence-electron chi connectivity index (χ2n) is 5.20. The van der Waals surface area contributed by atoms with Crippen molar-refractivity contribution in [3.05, 3.63) is 24.3 Å². The van der Waals surface area contributed by atoms with E-state index in [-0.39, 0.29) is 17.7 Å². The summed E-state index contributed by atoms with van der Waals surface area (Å²) >= 11 is 0. The van der Waals surface area contributed by atoms with Gasteiger partial charge in [0.1, 0.15) is 0 Å². The lowest BCUT2D eigenvalue weighted by Crippen LogP contribution is -2.24. The standard InChI is InChI=1S/C16H22N2O2/c1-3-12(4-2)16(20)17-13-7-5-8-14(11-13)18-10-6-9-15(18)19/h5,7-8,11-12H,3-4,6,9-10H2,1-2H3,(H,17,20). The third-order valence-corrected chi connectivity index (χ3v) is 3.86. The van der Waals surface area contributed by atoms with Crippen molar-refractivity contribution in [3.63, 3.8) is 0 Å². The van der Waals surface area contributed by atoms with Gasteiger partial charge in [0.15, 0.2) is 0 Å². The summed E-state index contributed by atoms with van der Waals surface area (Å²) in [6, 6.07) is 7.53. The molecule has 1 heterocycles. The minimum absolute atomic E-state index is 0.0482. The summed E-state index contributed by atoms with van der Waals surface area (Å²) in [5.41, 5.74) is 1.63. The molecule has 1 aromatic rings. The zero-order valence-corrected chi connectivity index (χ0v) is 12.2. The first-order chi connectivity index (χ1) is 9.65. The summed E-state index contributed by atoms with van der Waals surface area (Å²) in [5.74, 6) is 0.264. The van der Waals surface area contributed by atoms with E-state index >= 15 is 0 Å². The molecule has 0 atom stereocenters. The SMILES string of the molecule is CCC(CC)C(=O)Nc1cccc(N2CCCC2=O)c1. The Labute approximate surface area is 120 Å². The van der Waals surface area contributed by atoms with Crippen LogP contribution in [0, 0.1) is 5.92 Å². The van der Waals surface area contributed by atoms with Crippen LogP contribution in [0.4, 0.5) is 11.4 Å². The second-order valence-corrected chi connectivity index (χ2v) is 5.20. The number of carbonyl (C=O) groups excluding carboxylic acids is 2. The van der Waals surface area contributed by atoms with Crippen LogP contribution in [0.5, 0.6) is 0 Å². The van der Waals surface area contributed by atoms with Crippen molar-refractivity contribution in [2.24, 2.45) is 5.92 Å². The Morgan fingerprint density at radius 1 is 1.35 bits per heavy atom. The number of rotatable bonds is 5. The molecular formula is C16H22N2O2.